The molecule has 0 radical (unpaired) electrons. The Bertz CT molecular complexity index is 1720. The van der Waals surface area contributed by atoms with Crippen LogP contribution in [0.3, 0.4) is 0 Å². The normalized spacial score (nSPS) is 15.2. The zero-order chi connectivity index (χ0) is 30.9. The van der Waals surface area contributed by atoms with Gasteiger partial charge in [-0.05, 0) is 70.9 Å². The monoisotopic (exact) mass is 619 g/mol. The number of nitrogens with zero attached hydrogens (tertiary/aromatic N) is 1. The minimum atomic E-state index is -4.52. The summed E-state index contributed by atoms with van der Waals surface area (Å²) in [5.74, 6) is 0.470. The highest BCUT2D eigenvalue weighted by molar-refractivity contribution is 7.80. The third-order valence-electron chi connectivity index (χ3n) is 7.33. The van der Waals surface area contributed by atoms with E-state index in [4.69, 9.17) is 9.73 Å². The number of ether oxygens (including phenoxy) is 1. The predicted octanol–water partition coefficient (Wildman–Crippen LogP) is 8.67. The molecule has 0 saturated carbocycles. The van der Waals surface area contributed by atoms with E-state index >= 15 is 0 Å². The molecule has 0 saturated heterocycles. The number of hydrogen-bond acceptors (Lipinski definition) is 2. The highest BCUT2D eigenvalue weighted by Gasteiger charge is 2.33. The van der Waals surface area contributed by atoms with Gasteiger partial charge < -0.3 is 4.74 Å². The van der Waals surface area contributed by atoms with E-state index in [0.29, 0.717) is 23.1 Å². The molecule has 0 aliphatic carbocycles. The van der Waals surface area contributed by atoms with E-state index in [0.717, 1.165) is 51.8 Å². The Morgan fingerprint density at radius 2 is 1.02 bits per heavy atom. The summed E-state index contributed by atoms with van der Waals surface area (Å²) in [6, 6.07) is 34.3. The lowest BCUT2D eigenvalue weighted by Gasteiger charge is -2.24. The number of aliphatic imine (C=N–C) groups is 1. The van der Waals surface area contributed by atoms with Crippen LogP contribution in [-0.4, -0.2) is 12.5 Å². The summed E-state index contributed by atoms with van der Waals surface area (Å²) in [7, 11) is -1.57. The summed E-state index contributed by atoms with van der Waals surface area (Å²) in [6.45, 7) is 0.374. The van der Waals surface area contributed by atoms with E-state index in [-0.39, 0.29) is 6.04 Å². The second-order valence-electron chi connectivity index (χ2n) is 10.2. The smallest absolute Gasteiger partial charge is 0.416 e. The Morgan fingerprint density at radius 3 is 1.57 bits per heavy atom. The molecule has 0 amide bonds. The minimum absolute atomic E-state index is 0.175. The molecule has 44 heavy (non-hydrogen) atoms. The fourth-order valence-corrected chi connectivity index (χ4v) is 7.61. The topological polar surface area (TPSA) is 21.6 Å². The van der Waals surface area contributed by atoms with Crippen LogP contribution in [0.2, 0.25) is 0 Å². The number of alkyl halides is 6. The van der Waals surface area contributed by atoms with Gasteiger partial charge in [0.25, 0.3) is 0 Å². The molecule has 1 atom stereocenters. The van der Waals surface area contributed by atoms with E-state index in [1.807, 2.05) is 78.9 Å². The Hall–Kier alpha value is -4.42. The molecule has 1 aliphatic rings. The maximum Gasteiger partial charge on any atom is 0.416 e. The minimum Gasteiger partial charge on any atom is -0.475 e. The molecule has 2 nitrogen and oxygen atoms in total. The van der Waals surface area contributed by atoms with Crippen LogP contribution in [0.15, 0.2) is 132 Å². The van der Waals surface area contributed by atoms with Crippen molar-refractivity contribution in [2.24, 2.45) is 4.99 Å². The van der Waals surface area contributed by atoms with Crippen molar-refractivity contribution in [1.29, 1.82) is 0 Å². The average molecular weight is 620 g/mol. The molecule has 9 heteroatoms. The third kappa shape index (κ3) is 6.13. The third-order valence-corrected chi connectivity index (χ3v) is 9.83. The van der Waals surface area contributed by atoms with Crippen LogP contribution in [0.1, 0.15) is 28.3 Å². The van der Waals surface area contributed by atoms with Crippen LogP contribution in [0.5, 0.6) is 0 Å². The van der Waals surface area contributed by atoms with Crippen LogP contribution in [0, 0.1) is 0 Å². The summed E-state index contributed by atoms with van der Waals surface area (Å²) in [4.78, 5) is 4.86. The number of benzene rings is 5. The number of halogens is 6. The Labute approximate surface area is 251 Å². The lowest BCUT2D eigenvalue weighted by atomic mass is 9.99. The first-order chi connectivity index (χ1) is 21.1. The SMILES string of the molecule is FC(F)(F)c1ccc(P(c2ccc(C(F)(F)F)cc2)c2ccccc2-c2ccccc2C2=N[C@@H](c3ccccc3)CO2)cc1. The molecule has 6 rings (SSSR count). The average Bonchev–Trinajstić information content (AvgIpc) is 3.52. The highest BCUT2D eigenvalue weighted by Crippen LogP contribution is 2.40. The molecular formula is C35H24F6NOP. The first-order valence-corrected chi connectivity index (χ1v) is 15.0. The number of hydrogen-bond donors (Lipinski definition) is 0. The Morgan fingerprint density at radius 1 is 0.545 bits per heavy atom. The van der Waals surface area contributed by atoms with Crippen molar-refractivity contribution in [3.8, 4) is 11.1 Å². The lowest BCUT2D eigenvalue weighted by molar-refractivity contribution is -0.138. The van der Waals surface area contributed by atoms with Gasteiger partial charge in [0.1, 0.15) is 12.6 Å². The van der Waals surface area contributed by atoms with Gasteiger partial charge in [0.05, 0.1) is 11.1 Å². The Kier molecular flexibility index (Phi) is 8.04. The highest BCUT2D eigenvalue weighted by atomic mass is 31.1. The van der Waals surface area contributed by atoms with Gasteiger partial charge in [-0.1, -0.05) is 97.1 Å². The second-order valence-corrected chi connectivity index (χ2v) is 12.3. The van der Waals surface area contributed by atoms with E-state index in [2.05, 4.69) is 0 Å². The van der Waals surface area contributed by atoms with Crippen LogP contribution in [0.4, 0.5) is 26.3 Å². The predicted molar refractivity (Wildman–Crippen MR) is 162 cm³/mol. The number of rotatable bonds is 6. The molecule has 0 unspecified atom stereocenters. The molecular weight excluding hydrogens is 595 g/mol. The first kappa shape index (κ1) is 29.6. The van der Waals surface area contributed by atoms with Crippen molar-refractivity contribution in [2.45, 2.75) is 18.4 Å². The Balaban J connectivity index is 1.48. The molecule has 222 valence electrons. The van der Waals surface area contributed by atoms with Gasteiger partial charge in [0, 0.05) is 5.56 Å². The summed E-state index contributed by atoms with van der Waals surface area (Å²) in [5, 5.41) is 1.90. The molecule has 1 aliphatic heterocycles. The molecule has 5 aromatic carbocycles. The van der Waals surface area contributed by atoms with Crippen molar-refractivity contribution in [3.63, 3.8) is 0 Å². The van der Waals surface area contributed by atoms with E-state index in [9.17, 15) is 26.3 Å². The van der Waals surface area contributed by atoms with Gasteiger partial charge in [-0.25, -0.2) is 4.99 Å². The van der Waals surface area contributed by atoms with Crippen LogP contribution >= 0.6 is 7.92 Å². The van der Waals surface area contributed by atoms with Crippen molar-refractivity contribution < 1.29 is 31.1 Å². The summed E-state index contributed by atoms with van der Waals surface area (Å²) in [5.41, 5.74) is 1.74. The zero-order valence-corrected chi connectivity index (χ0v) is 23.9. The van der Waals surface area contributed by atoms with Crippen molar-refractivity contribution in [2.75, 3.05) is 6.61 Å². The van der Waals surface area contributed by atoms with Crippen LogP contribution in [0.25, 0.3) is 11.1 Å². The molecule has 0 N–H and O–H groups in total. The van der Waals surface area contributed by atoms with E-state index < -0.39 is 31.4 Å². The summed E-state index contributed by atoms with van der Waals surface area (Å²) < 4.78 is 86.5. The molecule has 5 aromatic rings. The maximum atomic E-state index is 13.4. The standard InChI is InChI=1S/C35H24F6NOP/c36-34(37,38)24-14-18-26(19-15-24)44(27-20-16-25(17-21-27)35(39,40)41)32-13-7-6-11-29(32)28-10-4-5-12-30(28)33-42-31(22-43-33)23-8-2-1-3-9-23/h1-21,31H,22H2/t31-/m1/s1. The largest absolute Gasteiger partial charge is 0.475 e. The quantitative estimate of drug-likeness (QED) is 0.138. The van der Waals surface area contributed by atoms with Crippen molar-refractivity contribution in [3.05, 3.63) is 150 Å². The molecule has 0 fully saturated rings. The van der Waals surface area contributed by atoms with E-state index in [1.165, 1.54) is 24.3 Å². The maximum absolute atomic E-state index is 13.4. The molecule has 1 heterocycles. The zero-order valence-electron chi connectivity index (χ0n) is 23.0. The van der Waals surface area contributed by atoms with E-state index in [1.54, 1.807) is 0 Å². The van der Waals surface area contributed by atoms with Crippen molar-refractivity contribution >= 4 is 29.7 Å². The second kappa shape index (κ2) is 11.9. The van der Waals surface area contributed by atoms with Gasteiger partial charge in [0.2, 0.25) is 5.90 Å². The van der Waals surface area contributed by atoms with Crippen LogP contribution in [-0.2, 0) is 17.1 Å². The lowest BCUT2D eigenvalue weighted by Crippen LogP contribution is -2.23. The summed E-state index contributed by atoms with van der Waals surface area (Å²) in [6.07, 6.45) is -9.04. The molecule has 0 bridgehead atoms. The van der Waals surface area contributed by atoms with Gasteiger partial charge in [-0.2, -0.15) is 26.3 Å². The fourth-order valence-electron chi connectivity index (χ4n) is 5.19. The summed E-state index contributed by atoms with van der Waals surface area (Å²) >= 11 is 0. The van der Waals surface area contributed by atoms with Gasteiger partial charge >= 0.3 is 12.4 Å². The molecule has 0 spiro atoms. The van der Waals surface area contributed by atoms with Crippen LogP contribution < -0.4 is 15.9 Å². The first-order valence-electron chi connectivity index (χ1n) is 13.7. The van der Waals surface area contributed by atoms with Gasteiger partial charge in [-0.3, -0.25) is 0 Å². The fraction of sp³-hybridized carbons (Fsp3) is 0.114. The van der Waals surface area contributed by atoms with Crippen molar-refractivity contribution in [1.82, 2.24) is 0 Å². The molecule has 0 aromatic heterocycles. The van der Waals surface area contributed by atoms with Gasteiger partial charge in [-0.15, -0.1) is 0 Å². The van der Waals surface area contributed by atoms with Gasteiger partial charge in [0.15, 0.2) is 0 Å².